The van der Waals surface area contributed by atoms with E-state index in [0.717, 1.165) is 0 Å². The van der Waals surface area contributed by atoms with Crippen LogP contribution in [0.25, 0.3) is 0 Å². The lowest BCUT2D eigenvalue weighted by Crippen LogP contribution is -2.27. The van der Waals surface area contributed by atoms with Crippen LogP contribution < -0.4 is 14.2 Å². The molecule has 0 bridgehead atoms. The molecule has 0 aliphatic heterocycles. The van der Waals surface area contributed by atoms with E-state index < -0.39 is 0 Å². The number of nitrogens with zero attached hydrogens (tertiary/aromatic N) is 1. The summed E-state index contributed by atoms with van der Waals surface area (Å²) in [4.78, 5) is 4.90. The fourth-order valence-corrected chi connectivity index (χ4v) is 3.01. The zero-order valence-electron chi connectivity index (χ0n) is 17.5. The van der Waals surface area contributed by atoms with Gasteiger partial charge in [0, 0.05) is 17.5 Å². The summed E-state index contributed by atoms with van der Waals surface area (Å²) in [6.45, 7) is 6.47. The van der Waals surface area contributed by atoms with Gasteiger partial charge in [-0.15, -0.1) is 0 Å². The lowest BCUT2D eigenvalue weighted by Gasteiger charge is -2.21. The second-order valence-electron chi connectivity index (χ2n) is 7.35. The summed E-state index contributed by atoms with van der Waals surface area (Å²) < 4.78 is 17.3. The third-order valence-corrected chi connectivity index (χ3v) is 4.81. The number of ether oxygens (including phenoxy) is 3. The van der Waals surface area contributed by atoms with Crippen molar-refractivity contribution in [1.82, 2.24) is 0 Å². The molecule has 2 aromatic carbocycles. The Balaban J connectivity index is 2.06. The highest BCUT2D eigenvalue weighted by Gasteiger charge is 2.22. The summed E-state index contributed by atoms with van der Waals surface area (Å²) in [6, 6.07) is 10.3. The van der Waals surface area contributed by atoms with Gasteiger partial charge in [-0.05, 0) is 30.3 Å². The maximum absolute atomic E-state index is 6.38. The number of hydrogen-bond donors (Lipinski definition) is 0. The molecule has 0 saturated heterocycles. The predicted octanol–water partition coefficient (Wildman–Crippen LogP) is 7.91. The van der Waals surface area contributed by atoms with Crippen LogP contribution in [0.1, 0.15) is 20.8 Å². The van der Waals surface area contributed by atoms with Gasteiger partial charge in [0.25, 0.3) is 0 Å². The molecule has 0 radical (unpaired) electrons. The van der Waals surface area contributed by atoms with Crippen LogP contribution in [0, 0.1) is 5.41 Å². The van der Waals surface area contributed by atoms with Crippen LogP contribution in [0.2, 0.25) is 10.0 Å². The van der Waals surface area contributed by atoms with Gasteiger partial charge in [-0.1, -0.05) is 72.3 Å². The maximum Gasteiger partial charge on any atom is 0.157 e. The van der Waals surface area contributed by atoms with Crippen molar-refractivity contribution in [2.24, 2.45) is 10.6 Å². The summed E-state index contributed by atoms with van der Waals surface area (Å²) in [6.07, 6.45) is 1.55. The molecule has 31 heavy (non-hydrogen) atoms. The first kappa shape index (κ1) is 25.5. The molecule has 0 saturated carbocycles. The molecule has 0 amide bonds. The first-order chi connectivity index (χ1) is 14.6. The van der Waals surface area contributed by atoms with Gasteiger partial charge < -0.3 is 19.0 Å². The van der Waals surface area contributed by atoms with Crippen LogP contribution >= 0.6 is 46.4 Å². The quantitative estimate of drug-likeness (QED) is 0.256. The Bertz CT molecular complexity index is 911. The van der Waals surface area contributed by atoms with Gasteiger partial charge in [0.05, 0.1) is 15.8 Å². The molecule has 9 heteroatoms. The van der Waals surface area contributed by atoms with E-state index in [1.54, 1.807) is 42.5 Å². The largest absolute Gasteiger partial charge is 0.489 e. The minimum atomic E-state index is -0.236. The number of hydrogen-bond acceptors (Lipinski definition) is 5. The van der Waals surface area contributed by atoms with E-state index in [9.17, 15) is 0 Å². The highest BCUT2D eigenvalue weighted by Crippen LogP contribution is 2.38. The monoisotopic (exact) mass is 505 g/mol. The molecule has 0 atom stereocenters. The van der Waals surface area contributed by atoms with Gasteiger partial charge >= 0.3 is 0 Å². The molecule has 0 heterocycles. The van der Waals surface area contributed by atoms with E-state index in [-0.39, 0.29) is 23.1 Å². The van der Waals surface area contributed by atoms with Crippen LogP contribution in [-0.4, -0.2) is 26.0 Å². The van der Waals surface area contributed by atoms with Crippen LogP contribution in [0.15, 0.2) is 52.1 Å². The Morgan fingerprint density at radius 2 is 1.52 bits per heavy atom. The van der Waals surface area contributed by atoms with Gasteiger partial charge in [-0.3, -0.25) is 0 Å². The van der Waals surface area contributed by atoms with Crippen LogP contribution in [0.4, 0.5) is 0 Å². The van der Waals surface area contributed by atoms with Crippen LogP contribution in [0.3, 0.4) is 0 Å². The first-order valence-electron chi connectivity index (χ1n) is 9.24. The second-order valence-corrected chi connectivity index (χ2v) is 9.18. The molecule has 2 rings (SSSR count). The standard InChI is InChI=1S/C22H23Cl4NO4/c1-22(2,3)19(27-28-4)13-30-21-17(23)11-16(12-18(21)24)31-15-7-5-14(6-8-15)29-10-9-20(25)26/h5-9,11-12H,10,13H2,1-4H3. The van der Waals surface area contributed by atoms with Crippen molar-refractivity contribution < 1.29 is 19.0 Å². The third kappa shape index (κ3) is 8.34. The van der Waals surface area contributed by atoms with Crippen LogP contribution in [-0.2, 0) is 4.84 Å². The van der Waals surface area contributed by atoms with E-state index in [1.807, 2.05) is 20.8 Å². The van der Waals surface area contributed by atoms with E-state index in [1.165, 1.54) is 7.11 Å². The minimum Gasteiger partial charge on any atom is -0.489 e. The van der Waals surface area contributed by atoms with Crippen molar-refractivity contribution in [2.45, 2.75) is 20.8 Å². The summed E-state index contributed by atoms with van der Waals surface area (Å²) in [5.74, 6) is 2.04. The summed E-state index contributed by atoms with van der Waals surface area (Å²) >= 11 is 23.9. The fraction of sp³-hybridized carbons (Fsp3) is 0.318. The lowest BCUT2D eigenvalue weighted by molar-refractivity contribution is 0.204. The Kier molecular flexibility index (Phi) is 9.63. The van der Waals surface area contributed by atoms with Crippen molar-refractivity contribution in [2.75, 3.05) is 20.3 Å². The summed E-state index contributed by atoms with van der Waals surface area (Å²) in [7, 11) is 1.49. The molecule has 0 fully saturated rings. The average Bonchev–Trinajstić information content (AvgIpc) is 2.67. The molecule has 0 aliphatic rings. The zero-order valence-corrected chi connectivity index (χ0v) is 20.6. The van der Waals surface area contributed by atoms with Gasteiger partial charge in [0.2, 0.25) is 0 Å². The van der Waals surface area contributed by atoms with E-state index >= 15 is 0 Å². The maximum atomic E-state index is 6.38. The summed E-state index contributed by atoms with van der Waals surface area (Å²) in [5, 5.41) is 4.67. The Morgan fingerprint density at radius 1 is 0.935 bits per heavy atom. The van der Waals surface area contributed by atoms with Gasteiger partial charge in [-0.2, -0.15) is 0 Å². The SMILES string of the molecule is CON=C(COc1c(Cl)cc(Oc2ccc(OCC=C(Cl)Cl)cc2)cc1Cl)C(C)(C)C. The molecule has 0 aliphatic carbocycles. The third-order valence-electron chi connectivity index (χ3n) is 3.94. The first-order valence-corrected chi connectivity index (χ1v) is 10.8. The molecule has 0 spiro atoms. The molecule has 0 unspecified atom stereocenters. The average molecular weight is 507 g/mol. The smallest absolute Gasteiger partial charge is 0.157 e. The number of halogens is 4. The van der Waals surface area contributed by atoms with Crippen molar-refractivity contribution in [3.63, 3.8) is 0 Å². The summed E-state index contributed by atoms with van der Waals surface area (Å²) in [5.41, 5.74) is 0.481. The van der Waals surface area contributed by atoms with E-state index in [2.05, 4.69) is 5.16 Å². The van der Waals surface area contributed by atoms with Gasteiger partial charge in [0.1, 0.15) is 42.1 Å². The molecule has 0 N–H and O–H groups in total. The Labute approximate surface area is 202 Å². The van der Waals surface area contributed by atoms with Crippen molar-refractivity contribution in [3.05, 3.63) is 57.0 Å². The number of oxime groups is 1. The molecule has 2 aromatic rings. The van der Waals surface area contributed by atoms with E-state index in [4.69, 9.17) is 65.5 Å². The molecular weight excluding hydrogens is 484 g/mol. The number of rotatable bonds is 9. The Hall–Kier alpha value is -1.79. The topological polar surface area (TPSA) is 49.3 Å². The molecule has 5 nitrogen and oxygen atoms in total. The normalized spacial score (nSPS) is 11.7. The van der Waals surface area contributed by atoms with Gasteiger partial charge in [0.15, 0.2) is 5.75 Å². The molecule has 168 valence electrons. The lowest BCUT2D eigenvalue weighted by atomic mass is 9.90. The Morgan fingerprint density at radius 3 is 2.03 bits per heavy atom. The number of benzene rings is 2. The van der Waals surface area contributed by atoms with Crippen molar-refractivity contribution >= 4 is 52.1 Å². The van der Waals surface area contributed by atoms with Crippen molar-refractivity contribution in [3.8, 4) is 23.0 Å². The predicted molar refractivity (Wildman–Crippen MR) is 128 cm³/mol. The molecular formula is C22H23Cl4NO4. The zero-order chi connectivity index (χ0) is 23.0. The van der Waals surface area contributed by atoms with Gasteiger partial charge in [-0.25, -0.2) is 0 Å². The van der Waals surface area contributed by atoms with Crippen LogP contribution in [0.5, 0.6) is 23.0 Å². The van der Waals surface area contributed by atoms with E-state index in [0.29, 0.717) is 38.8 Å². The minimum absolute atomic E-state index is 0.154. The van der Waals surface area contributed by atoms with Crippen molar-refractivity contribution in [1.29, 1.82) is 0 Å². The highest BCUT2D eigenvalue weighted by atomic mass is 35.5. The second kappa shape index (κ2) is 11.7. The highest BCUT2D eigenvalue weighted by molar-refractivity contribution is 6.55. The fourth-order valence-electron chi connectivity index (χ4n) is 2.30. The molecule has 0 aromatic heterocycles.